The van der Waals surface area contributed by atoms with Crippen molar-refractivity contribution in [2.75, 3.05) is 11.1 Å². The predicted molar refractivity (Wildman–Crippen MR) is 129 cm³/mol. The summed E-state index contributed by atoms with van der Waals surface area (Å²) in [5.41, 5.74) is 14.7. The summed E-state index contributed by atoms with van der Waals surface area (Å²) in [4.78, 5) is 0. The van der Waals surface area contributed by atoms with Crippen molar-refractivity contribution in [1.29, 1.82) is 0 Å². The Morgan fingerprint density at radius 1 is 0.793 bits per heavy atom. The molecule has 3 aromatic carbocycles. The fraction of sp³-hybridized carbons (Fsp3) is 0.308. The topological polar surface area (TPSA) is 38.0 Å². The second-order valence-electron chi connectivity index (χ2n) is 9.40. The van der Waals surface area contributed by atoms with E-state index in [2.05, 4.69) is 91.4 Å². The highest BCUT2D eigenvalue weighted by Gasteiger charge is 2.37. The molecule has 0 amide bonds. The van der Waals surface area contributed by atoms with Gasteiger partial charge in [-0.1, -0.05) is 64.1 Å². The van der Waals surface area contributed by atoms with Gasteiger partial charge in [0.25, 0.3) is 0 Å². The third-order valence-electron chi connectivity index (χ3n) is 6.40. The monoisotopic (exact) mass is 448 g/mol. The summed E-state index contributed by atoms with van der Waals surface area (Å²) in [5, 5.41) is 3.64. The van der Waals surface area contributed by atoms with Gasteiger partial charge >= 0.3 is 0 Å². The summed E-state index contributed by atoms with van der Waals surface area (Å²) in [7, 11) is 0. The van der Waals surface area contributed by atoms with Crippen molar-refractivity contribution in [3.8, 4) is 11.1 Å². The number of halogens is 1. The van der Waals surface area contributed by atoms with Gasteiger partial charge in [-0.05, 0) is 80.6 Å². The highest BCUT2D eigenvalue weighted by atomic mass is 79.9. The zero-order chi connectivity index (χ0) is 20.8. The largest absolute Gasteiger partial charge is 0.396 e. The summed E-state index contributed by atoms with van der Waals surface area (Å²) < 4.78 is 0.906. The van der Waals surface area contributed by atoms with Gasteiger partial charge in [-0.25, -0.2) is 0 Å². The number of anilines is 3. The quantitative estimate of drug-likeness (QED) is 0.401. The molecule has 0 aromatic heterocycles. The smallest absolute Gasteiger partial charge is 0.0697 e. The number of benzene rings is 3. The molecule has 0 saturated heterocycles. The standard InChI is InChI=1S/C26H29BrN2/c1-25(2)13-14-26(3,4)20-16-23(29-22-12-8-11-21(27)24(22)28)18(15-19(20)25)17-9-6-5-7-10-17/h5-12,15-16,29H,13-14,28H2,1-4H3. The lowest BCUT2D eigenvalue weighted by Crippen LogP contribution is -2.34. The molecule has 2 nitrogen and oxygen atoms in total. The van der Waals surface area contributed by atoms with E-state index in [-0.39, 0.29) is 10.8 Å². The van der Waals surface area contributed by atoms with Crippen molar-refractivity contribution in [3.63, 3.8) is 0 Å². The lowest BCUT2D eigenvalue weighted by Gasteiger charge is -2.42. The molecule has 0 saturated carbocycles. The normalized spacial score (nSPS) is 16.9. The Bertz CT molecular complexity index is 1050. The molecular formula is C26H29BrN2. The summed E-state index contributed by atoms with van der Waals surface area (Å²) in [6, 6.07) is 21.4. The Morgan fingerprint density at radius 3 is 2.07 bits per heavy atom. The molecule has 0 fully saturated rings. The van der Waals surface area contributed by atoms with E-state index in [1.807, 2.05) is 18.2 Å². The van der Waals surface area contributed by atoms with E-state index in [1.165, 1.54) is 35.1 Å². The summed E-state index contributed by atoms with van der Waals surface area (Å²) in [5.74, 6) is 0. The maximum atomic E-state index is 6.34. The van der Waals surface area contributed by atoms with Crippen LogP contribution in [-0.2, 0) is 10.8 Å². The number of hydrogen-bond donors (Lipinski definition) is 2. The first-order chi connectivity index (χ1) is 13.7. The molecule has 0 atom stereocenters. The third kappa shape index (κ3) is 3.69. The van der Waals surface area contributed by atoms with Gasteiger partial charge in [-0.15, -0.1) is 0 Å². The molecule has 0 unspecified atom stereocenters. The van der Waals surface area contributed by atoms with E-state index >= 15 is 0 Å². The van der Waals surface area contributed by atoms with Gasteiger partial charge in [0.05, 0.1) is 11.4 Å². The Labute approximate surface area is 182 Å². The molecule has 1 aliphatic rings. The van der Waals surface area contributed by atoms with Crippen LogP contribution in [0.15, 0.2) is 65.1 Å². The second kappa shape index (κ2) is 7.21. The fourth-order valence-electron chi connectivity index (χ4n) is 4.36. The van der Waals surface area contributed by atoms with Gasteiger partial charge in [-0.3, -0.25) is 0 Å². The van der Waals surface area contributed by atoms with Gasteiger partial charge in [0.15, 0.2) is 0 Å². The van der Waals surface area contributed by atoms with Gasteiger partial charge < -0.3 is 11.1 Å². The van der Waals surface area contributed by atoms with Crippen molar-refractivity contribution in [2.24, 2.45) is 0 Å². The number of nitrogen functional groups attached to an aromatic ring is 1. The van der Waals surface area contributed by atoms with Gasteiger partial charge in [-0.2, -0.15) is 0 Å². The van der Waals surface area contributed by atoms with Gasteiger partial charge in [0.2, 0.25) is 0 Å². The number of nitrogens with one attached hydrogen (secondary N) is 1. The minimum absolute atomic E-state index is 0.152. The second-order valence-corrected chi connectivity index (χ2v) is 10.3. The summed E-state index contributed by atoms with van der Waals surface area (Å²) >= 11 is 3.55. The molecule has 3 heteroatoms. The Morgan fingerprint density at radius 2 is 1.41 bits per heavy atom. The van der Waals surface area contributed by atoms with Crippen LogP contribution in [0.1, 0.15) is 51.7 Å². The molecule has 150 valence electrons. The molecule has 0 bridgehead atoms. The van der Waals surface area contributed by atoms with Crippen molar-refractivity contribution < 1.29 is 0 Å². The van der Waals surface area contributed by atoms with Crippen LogP contribution in [0.2, 0.25) is 0 Å². The zero-order valence-electron chi connectivity index (χ0n) is 17.6. The Kier molecular flexibility index (Phi) is 4.98. The van der Waals surface area contributed by atoms with Crippen LogP contribution in [0.4, 0.5) is 17.1 Å². The van der Waals surface area contributed by atoms with Crippen LogP contribution in [0, 0.1) is 0 Å². The van der Waals surface area contributed by atoms with Crippen LogP contribution in [-0.4, -0.2) is 0 Å². The first kappa shape index (κ1) is 20.0. The average molecular weight is 449 g/mol. The number of para-hydroxylation sites is 1. The van der Waals surface area contributed by atoms with Crippen molar-refractivity contribution in [1.82, 2.24) is 0 Å². The first-order valence-corrected chi connectivity index (χ1v) is 11.0. The van der Waals surface area contributed by atoms with Crippen LogP contribution in [0.25, 0.3) is 11.1 Å². The molecule has 3 N–H and O–H groups in total. The summed E-state index contributed by atoms with van der Waals surface area (Å²) in [6.07, 6.45) is 2.39. The number of hydrogen-bond acceptors (Lipinski definition) is 2. The number of rotatable bonds is 3. The van der Waals surface area contributed by atoms with Crippen molar-refractivity contribution in [2.45, 2.75) is 51.4 Å². The van der Waals surface area contributed by atoms with E-state index < -0.39 is 0 Å². The lowest BCUT2D eigenvalue weighted by atomic mass is 9.62. The van der Waals surface area contributed by atoms with Crippen molar-refractivity contribution in [3.05, 3.63) is 76.3 Å². The van der Waals surface area contributed by atoms with E-state index in [1.54, 1.807) is 0 Å². The molecular weight excluding hydrogens is 420 g/mol. The number of nitrogens with two attached hydrogens (primary N) is 1. The Hall–Kier alpha value is -2.26. The van der Waals surface area contributed by atoms with Gasteiger partial charge in [0, 0.05) is 15.7 Å². The Balaban J connectivity index is 1.95. The minimum Gasteiger partial charge on any atom is -0.396 e. The minimum atomic E-state index is 0.152. The average Bonchev–Trinajstić information content (AvgIpc) is 2.69. The third-order valence-corrected chi connectivity index (χ3v) is 7.09. The zero-order valence-corrected chi connectivity index (χ0v) is 19.2. The van der Waals surface area contributed by atoms with Crippen molar-refractivity contribution >= 4 is 33.0 Å². The maximum Gasteiger partial charge on any atom is 0.0697 e. The molecule has 0 radical (unpaired) electrons. The molecule has 0 spiro atoms. The van der Waals surface area contributed by atoms with E-state index in [4.69, 9.17) is 5.73 Å². The van der Waals surface area contributed by atoms with Crippen LogP contribution in [0.5, 0.6) is 0 Å². The molecule has 3 aromatic rings. The maximum absolute atomic E-state index is 6.34. The van der Waals surface area contributed by atoms with E-state index in [0.29, 0.717) is 0 Å². The fourth-order valence-corrected chi connectivity index (χ4v) is 4.73. The van der Waals surface area contributed by atoms with Crippen LogP contribution < -0.4 is 11.1 Å². The van der Waals surface area contributed by atoms with Gasteiger partial charge in [0.1, 0.15) is 0 Å². The summed E-state index contributed by atoms with van der Waals surface area (Å²) in [6.45, 7) is 9.46. The van der Waals surface area contributed by atoms with Crippen LogP contribution in [0.3, 0.4) is 0 Å². The molecule has 1 aliphatic carbocycles. The highest BCUT2D eigenvalue weighted by Crippen LogP contribution is 2.49. The first-order valence-electron chi connectivity index (χ1n) is 10.2. The van der Waals surface area contributed by atoms with Crippen LogP contribution >= 0.6 is 15.9 Å². The van der Waals surface area contributed by atoms with E-state index in [0.717, 1.165) is 21.5 Å². The molecule has 0 aliphatic heterocycles. The molecule has 0 heterocycles. The number of fused-ring (bicyclic) bond motifs is 1. The molecule has 4 rings (SSSR count). The lowest BCUT2D eigenvalue weighted by molar-refractivity contribution is 0.332. The SMILES string of the molecule is CC1(C)CCC(C)(C)c2cc(-c3ccccc3)c(Nc3cccc(Br)c3N)cc21. The van der Waals surface area contributed by atoms with E-state index in [9.17, 15) is 0 Å². The highest BCUT2D eigenvalue weighted by molar-refractivity contribution is 9.10. The predicted octanol–water partition coefficient (Wildman–Crippen LogP) is 7.79. The molecule has 29 heavy (non-hydrogen) atoms.